The Labute approximate surface area is 154 Å². The van der Waals surface area contributed by atoms with E-state index in [9.17, 15) is 14.4 Å². The predicted molar refractivity (Wildman–Crippen MR) is 101 cm³/mol. The maximum atomic E-state index is 11.8. The molecule has 0 saturated carbocycles. The van der Waals surface area contributed by atoms with Gasteiger partial charge in [-0.3, -0.25) is 14.4 Å². The van der Waals surface area contributed by atoms with Crippen LogP contribution >= 0.6 is 23.1 Å². The number of hydrogen-bond acceptors (Lipinski definition) is 6. The molecule has 0 spiro atoms. The number of nitrogens with one attached hydrogen (secondary N) is 2. The monoisotopic (exact) mass is 378 g/mol. The second-order valence-corrected chi connectivity index (χ2v) is 7.06. The molecule has 132 valence electrons. The Kier molecular flexibility index (Phi) is 7.49. The lowest BCUT2D eigenvalue weighted by Crippen LogP contribution is -2.21. The average molecular weight is 378 g/mol. The summed E-state index contributed by atoms with van der Waals surface area (Å²) in [5, 5.41) is 7.24. The SMILES string of the molecule is CC(=O)Nc1ccc(NC(=O)COC(=O)CSCc2cccs2)cc1. The van der Waals surface area contributed by atoms with Crippen LogP contribution in [0.5, 0.6) is 0 Å². The summed E-state index contributed by atoms with van der Waals surface area (Å²) in [6, 6.07) is 10.6. The molecule has 0 radical (unpaired) electrons. The first-order valence-electron chi connectivity index (χ1n) is 7.46. The van der Waals surface area contributed by atoms with Crippen molar-refractivity contribution in [3.63, 3.8) is 0 Å². The van der Waals surface area contributed by atoms with E-state index < -0.39 is 11.9 Å². The molecule has 2 aromatic rings. The number of amides is 2. The van der Waals surface area contributed by atoms with E-state index in [0.717, 1.165) is 5.75 Å². The van der Waals surface area contributed by atoms with Crippen molar-refractivity contribution in [1.29, 1.82) is 0 Å². The Balaban J connectivity index is 1.65. The highest BCUT2D eigenvalue weighted by molar-refractivity contribution is 7.99. The van der Waals surface area contributed by atoms with E-state index in [2.05, 4.69) is 10.6 Å². The molecule has 0 aliphatic rings. The molecule has 1 aromatic carbocycles. The van der Waals surface area contributed by atoms with Gasteiger partial charge in [0.05, 0.1) is 5.75 Å². The molecular weight excluding hydrogens is 360 g/mol. The number of thioether (sulfide) groups is 1. The van der Waals surface area contributed by atoms with Crippen LogP contribution in [0.1, 0.15) is 11.8 Å². The number of benzene rings is 1. The highest BCUT2D eigenvalue weighted by atomic mass is 32.2. The fourth-order valence-electron chi connectivity index (χ4n) is 1.85. The van der Waals surface area contributed by atoms with Gasteiger partial charge in [0.2, 0.25) is 5.91 Å². The normalized spacial score (nSPS) is 10.1. The minimum absolute atomic E-state index is 0.166. The molecule has 0 aliphatic heterocycles. The largest absolute Gasteiger partial charge is 0.455 e. The number of carbonyl (C=O) groups is 3. The van der Waals surface area contributed by atoms with Crippen LogP contribution in [0.15, 0.2) is 41.8 Å². The molecule has 2 amide bonds. The van der Waals surface area contributed by atoms with Gasteiger partial charge in [-0.25, -0.2) is 0 Å². The molecule has 1 heterocycles. The molecule has 0 saturated heterocycles. The lowest BCUT2D eigenvalue weighted by atomic mass is 10.2. The Morgan fingerprint density at radius 2 is 1.76 bits per heavy atom. The first-order chi connectivity index (χ1) is 12.0. The van der Waals surface area contributed by atoms with Gasteiger partial charge in [-0.2, -0.15) is 0 Å². The van der Waals surface area contributed by atoms with Gasteiger partial charge in [-0.15, -0.1) is 23.1 Å². The highest BCUT2D eigenvalue weighted by Gasteiger charge is 2.08. The number of rotatable bonds is 8. The van der Waals surface area contributed by atoms with Gasteiger partial charge in [-0.05, 0) is 35.7 Å². The second-order valence-electron chi connectivity index (χ2n) is 5.04. The Morgan fingerprint density at radius 1 is 1.08 bits per heavy atom. The fourth-order valence-corrected chi connectivity index (χ4v) is 3.52. The molecule has 0 atom stereocenters. The topological polar surface area (TPSA) is 84.5 Å². The van der Waals surface area contributed by atoms with E-state index in [0.29, 0.717) is 11.4 Å². The summed E-state index contributed by atoms with van der Waals surface area (Å²) in [7, 11) is 0. The summed E-state index contributed by atoms with van der Waals surface area (Å²) in [4.78, 5) is 35.5. The lowest BCUT2D eigenvalue weighted by Gasteiger charge is -2.08. The molecule has 2 N–H and O–H groups in total. The molecule has 0 fully saturated rings. The van der Waals surface area contributed by atoms with Crippen LogP contribution in [-0.4, -0.2) is 30.1 Å². The number of ether oxygens (including phenoxy) is 1. The van der Waals surface area contributed by atoms with Gasteiger partial charge >= 0.3 is 5.97 Å². The van der Waals surface area contributed by atoms with E-state index in [1.807, 2.05) is 17.5 Å². The van der Waals surface area contributed by atoms with Crippen molar-refractivity contribution < 1.29 is 19.1 Å². The third kappa shape index (κ3) is 7.40. The van der Waals surface area contributed by atoms with Gasteiger partial charge in [0.1, 0.15) is 0 Å². The molecule has 6 nitrogen and oxygen atoms in total. The van der Waals surface area contributed by atoms with Crippen LogP contribution in [0.25, 0.3) is 0 Å². The molecule has 2 rings (SSSR count). The molecule has 25 heavy (non-hydrogen) atoms. The third-order valence-corrected chi connectivity index (χ3v) is 4.91. The summed E-state index contributed by atoms with van der Waals surface area (Å²) in [6.45, 7) is 1.09. The number of anilines is 2. The number of hydrogen-bond donors (Lipinski definition) is 2. The first-order valence-corrected chi connectivity index (χ1v) is 9.49. The zero-order valence-corrected chi connectivity index (χ0v) is 15.2. The fraction of sp³-hybridized carbons (Fsp3) is 0.235. The van der Waals surface area contributed by atoms with Gasteiger partial charge in [0.25, 0.3) is 5.91 Å². The van der Waals surface area contributed by atoms with Crippen molar-refractivity contribution in [3.05, 3.63) is 46.7 Å². The van der Waals surface area contributed by atoms with Crippen molar-refractivity contribution in [2.24, 2.45) is 0 Å². The summed E-state index contributed by atoms with van der Waals surface area (Å²) in [6.07, 6.45) is 0. The summed E-state index contributed by atoms with van der Waals surface area (Å²) in [5.74, 6) is -0.0434. The third-order valence-electron chi connectivity index (χ3n) is 2.90. The molecule has 0 bridgehead atoms. The highest BCUT2D eigenvalue weighted by Crippen LogP contribution is 2.17. The van der Waals surface area contributed by atoms with Crippen molar-refractivity contribution in [1.82, 2.24) is 0 Å². The molecule has 1 aromatic heterocycles. The minimum Gasteiger partial charge on any atom is -0.455 e. The van der Waals surface area contributed by atoms with Gasteiger partial charge < -0.3 is 15.4 Å². The predicted octanol–water partition coefficient (Wildman–Crippen LogP) is 3.12. The average Bonchev–Trinajstić information content (AvgIpc) is 3.08. The maximum Gasteiger partial charge on any atom is 0.316 e. The zero-order valence-electron chi connectivity index (χ0n) is 13.6. The van der Waals surface area contributed by atoms with Crippen LogP contribution < -0.4 is 10.6 Å². The Bertz CT molecular complexity index is 715. The molecule has 0 aliphatic carbocycles. The van der Waals surface area contributed by atoms with Gasteiger partial charge in [0.15, 0.2) is 6.61 Å². The van der Waals surface area contributed by atoms with Crippen LogP contribution in [-0.2, 0) is 24.9 Å². The van der Waals surface area contributed by atoms with Crippen molar-refractivity contribution >= 4 is 52.3 Å². The zero-order chi connectivity index (χ0) is 18.1. The summed E-state index contributed by atoms with van der Waals surface area (Å²) >= 11 is 3.09. The van der Waals surface area contributed by atoms with Crippen LogP contribution in [0, 0.1) is 0 Å². The quantitative estimate of drug-likeness (QED) is 0.690. The van der Waals surface area contributed by atoms with E-state index >= 15 is 0 Å². The van der Waals surface area contributed by atoms with Crippen LogP contribution in [0.4, 0.5) is 11.4 Å². The molecular formula is C17H18N2O4S2. The Hall–Kier alpha value is -2.32. The van der Waals surface area contributed by atoms with E-state index in [1.165, 1.54) is 23.6 Å². The summed E-state index contributed by atoms with van der Waals surface area (Å²) in [5.41, 5.74) is 1.20. The van der Waals surface area contributed by atoms with Crippen molar-refractivity contribution in [2.75, 3.05) is 23.0 Å². The van der Waals surface area contributed by atoms with E-state index in [-0.39, 0.29) is 18.3 Å². The van der Waals surface area contributed by atoms with Crippen LogP contribution in [0.2, 0.25) is 0 Å². The molecule has 0 unspecified atom stereocenters. The summed E-state index contributed by atoms with van der Waals surface area (Å²) < 4.78 is 4.95. The van der Waals surface area contributed by atoms with Crippen molar-refractivity contribution in [2.45, 2.75) is 12.7 Å². The number of thiophene rings is 1. The smallest absolute Gasteiger partial charge is 0.316 e. The first kappa shape index (κ1) is 19.0. The number of carbonyl (C=O) groups excluding carboxylic acids is 3. The van der Waals surface area contributed by atoms with Crippen molar-refractivity contribution in [3.8, 4) is 0 Å². The van der Waals surface area contributed by atoms with Gasteiger partial charge in [0, 0.05) is 28.9 Å². The van der Waals surface area contributed by atoms with E-state index in [4.69, 9.17) is 4.74 Å². The van der Waals surface area contributed by atoms with E-state index in [1.54, 1.807) is 35.6 Å². The van der Waals surface area contributed by atoms with Crippen LogP contribution in [0.3, 0.4) is 0 Å². The standard InChI is InChI=1S/C17H18N2O4S2/c1-12(20)18-13-4-6-14(7-5-13)19-16(21)9-23-17(22)11-24-10-15-3-2-8-25-15/h2-8H,9-11H2,1H3,(H,18,20)(H,19,21). The Morgan fingerprint density at radius 3 is 2.36 bits per heavy atom. The number of esters is 1. The lowest BCUT2D eigenvalue weighted by molar-refractivity contribution is -0.144. The minimum atomic E-state index is -0.419. The molecule has 8 heteroatoms. The maximum absolute atomic E-state index is 11.8. The second kappa shape index (κ2) is 9.85. The van der Waals surface area contributed by atoms with Gasteiger partial charge in [-0.1, -0.05) is 6.07 Å².